The Morgan fingerprint density at radius 3 is 2.80 bits per heavy atom. The molecule has 1 atom stereocenters. The highest BCUT2D eigenvalue weighted by molar-refractivity contribution is 5.16. The van der Waals surface area contributed by atoms with Crippen molar-refractivity contribution in [2.24, 2.45) is 0 Å². The number of benzene rings is 1. The van der Waals surface area contributed by atoms with Crippen LogP contribution in [0.1, 0.15) is 30.6 Å². The summed E-state index contributed by atoms with van der Waals surface area (Å²) in [6, 6.07) is 10.4. The lowest BCUT2D eigenvalue weighted by Gasteiger charge is -2.18. The number of rotatable bonds is 8. The van der Waals surface area contributed by atoms with Gasteiger partial charge in [0, 0.05) is 7.11 Å². The lowest BCUT2D eigenvalue weighted by Crippen LogP contribution is -2.28. The maximum atomic E-state index is 5.30. The van der Waals surface area contributed by atoms with Gasteiger partial charge in [-0.3, -0.25) is 0 Å². The average molecular weight is 274 g/mol. The number of methoxy groups -OCH3 is 1. The van der Waals surface area contributed by atoms with Crippen LogP contribution in [0.5, 0.6) is 0 Å². The van der Waals surface area contributed by atoms with Crippen molar-refractivity contribution in [2.75, 3.05) is 20.3 Å². The quantitative estimate of drug-likeness (QED) is 0.800. The maximum absolute atomic E-state index is 5.30. The molecule has 0 aliphatic rings. The number of ether oxygens (including phenoxy) is 1. The molecule has 0 fully saturated rings. The molecule has 0 saturated carbocycles. The molecule has 0 aliphatic heterocycles. The van der Waals surface area contributed by atoms with E-state index in [-0.39, 0.29) is 6.04 Å². The van der Waals surface area contributed by atoms with E-state index in [4.69, 9.17) is 4.74 Å². The van der Waals surface area contributed by atoms with Gasteiger partial charge in [0.15, 0.2) is 0 Å². The van der Waals surface area contributed by atoms with E-state index in [1.807, 2.05) is 29.1 Å². The van der Waals surface area contributed by atoms with Crippen molar-refractivity contribution in [1.29, 1.82) is 0 Å². The topological polar surface area (TPSA) is 52.0 Å². The molecule has 1 heterocycles. The first-order valence-corrected chi connectivity index (χ1v) is 6.99. The molecule has 5 nitrogen and oxygen atoms in total. The maximum Gasteiger partial charge on any atom is 0.0784 e. The van der Waals surface area contributed by atoms with Crippen LogP contribution in [0.3, 0.4) is 0 Å². The van der Waals surface area contributed by atoms with Gasteiger partial charge in [-0.05, 0) is 18.5 Å². The zero-order chi connectivity index (χ0) is 14.2. The highest BCUT2D eigenvalue weighted by atomic mass is 16.5. The third-order valence-corrected chi connectivity index (χ3v) is 3.15. The van der Waals surface area contributed by atoms with Crippen LogP contribution in [0.2, 0.25) is 0 Å². The minimum atomic E-state index is 0.124. The summed E-state index contributed by atoms with van der Waals surface area (Å²) in [4.78, 5) is 0. The molecule has 1 unspecified atom stereocenters. The molecule has 0 radical (unpaired) electrons. The van der Waals surface area contributed by atoms with Gasteiger partial charge in [-0.15, -0.1) is 5.10 Å². The monoisotopic (exact) mass is 274 g/mol. The number of hydrogen-bond acceptors (Lipinski definition) is 4. The summed E-state index contributed by atoms with van der Waals surface area (Å²) in [6.45, 7) is 4.44. The summed E-state index contributed by atoms with van der Waals surface area (Å²) < 4.78 is 7.23. The van der Waals surface area contributed by atoms with Crippen molar-refractivity contribution >= 4 is 0 Å². The summed E-state index contributed by atoms with van der Waals surface area (Å²) in [5.41, 5.74) is 2.27. The summed E-state index contributed by atoms with van der Waals surface area (Å²) in [5.74, 6) is 0. The van der Waals surface area contributed by atoms with Gasteiger partial charge in [0.2, 0.25) is 0 Å². The van der Waals surface area contributed by atoms with Crippen molar-refractivity contribution in [3.8, 4) is 0 Å². The summed E-state index contributed by atoms with van der Waals surface area (Å²) in [6.07, 6.45) is 2.90. The lowest BCUT2D eigenvalue weighted by atomic mass is 10.2. The number of nitrogens with one attached hydrogen (secondary N) is 1. The third kappa shape index (κ3) is 3.88. The van der Waals surface area contributed by atoms with E-state index in [1.54, 1.807) is 7.11 Å². The molecule has 1 aromatic carbocycles. The van der Waals surface area contributed by atoms with Crippen molar-refractivity contribution in [3.05, 3.63) is 47.8 Å². The Morgan fingerprint density at radius 1 is 1.30 bits per heavy atom. The Labute approximate surface area is 120 Å². The second-order valence-corrected chi connectivity index (χ2v) is 4.76. The van der Waals surface area contributed by atoms with Crippen LogP contribution in [0.25, 0.3) is 0 Å². The van der Waals surface area contributed by atoms with Gasteiger partial charge < -0.3 is 10.1 Å². The predicted octanol–water partition coefficient (Wildman–Crippen LogP) is 2.01. The Kier molecular flexibility index (Phi) is 5.70. The van der Waals surface area contributed by atoms with Crippen LogP contribution in [0.4, 0.5) is 0 Å². The van der Waals surface area contributed by atoms with Gasteiger partial charge in [0.1, 0.15) is 0 Å². The molecular weight excluding hydrogens is 252 g/mol. The Balaban J connectivity index is 2.13. The number of nitrogens with zero attached hydrogens (tertiary/aromatic N) is 3. The van der Waals surface area contributed by atoms with Crippen molar-refractivity contribution in [3.63, 3.8) is 0 Å². The molecule has 0 amide bonds. The molecule has 5 heteroatoms. The fourth-order valence-corrected chi connectivity index (χ4v) is 2.15. The van der Waals surface area contributed by atoms with Crippen LogP contribution in [0, 0.1) is 0 Å². The Morgan fingerprint density at radius 2 is 2.10 bits per heavy atom. The van der Waals surface area contributed by atoms with Gasteiger partial charge >= 0.3 is 0 Å². The molecule has 0 spiro atoms. The molecule has 2 aromatic rings. The van der Waals surface area contributed by atoms with Crippen LogP contribution >= 0.6 is 0 Å². The standard InChI is InChI=1S/C15H22N4O/c1-3-9-16-14(12-20-2)15-10-17-18-19(15)11-13-7-5-4-6-8-13/h4-8,10,14,16H,3,9,11-12H2,1-2H3. The van der Waals surface area contributed by atoms with Gasteiger partial charge in [0.05, 0.1) is 31.1 Å². The van der Waals surface area contributed by atoms with Gasteiger partial charge in [-0.25, -0.2) is 4.68 Å². The van der Waals surface area contributed by atoms with Gasteiger partial charge in [-0.1, -0.05) is 42.5 Å². The fourth-order valence-electron chi connectivity index (χ4n) is 2.15. The van der Waals surface area contributed by atoms with Gasteiger partial charge in [0.25, 0.3) is 0 Å². The number of hydrogen-bond donors (Lipinski definition) is 1. The molecule has 20 heavy (non-hydrogen) atoms. The molecule has 1 aromatic heterocycles. The molecule has 0 saturated heterocycles. The van der Waals surface area contributed by atoms with Crippen LogP contribution in [-0.4, -0.2) is 35.3 Å². The highest BCUT2D eigenvalue weighted by Gasteiger charge is 2.16. The Hall–Kier alpha value is -1.72. The summed E-state index contributed by atoms with van der Waals surface area (Å²) in [7, 11) is 1.71. The normalized spacial score (nSPS) is 12.5. The van der Waals surface area contributed by atoms with Crippen molar-refractivity contribution in [2.45, 2.75) is 25.9 Å². The second kappa shape index (κ2) is 7.77. The van der Waals surface area contributed by atoms with E-state index < -0.39 is 0 Å². The average Bonchev–Trinajstić information content (AvgIpc) is 2.92. The molecular formula is C15H22N4O. The van der Waals surface area contributed by atoms with E-state index >= 15 is 0 Å². The first kappa shape index (κ1) is 14.7. The van der Waals surface area contributed by atoms with E-state index in [1.165, 1.54) is 5.56 Å². The first-order valence-electron chi connectivity index (χ1n) is 6.99. The minimum absolute atomic E-state index is 0.124. The molecule has 108 valence electrons. The first-order chi connectivity index (χ1) is 9.85. The van der Waals surface area contributed by atoms with E-state index in [2.05, 4.69) is 34.7 Å². The van der Waals surface area contributed by atoms with Crippen molar-refractivity contribution in [1.82, 2.24) is 20.3 Å². The lowest BCUT2D eigenvalue weighted by molar-refractivity contribution is 0.163. The molecule has 0 aliphatic carbocycles. The van der Waals surface area contributed by atoms with E-state index in [0.29, 0.717) is 6.61 Å². The molecule has 1 N–H and O–H groups in total. The number of aromatic nitrogens is 3. The van der Waals surface area contributed by atoms with E-state index in [9.17, 15) is 0 Å². The minimum Gasteiger partial charge on any atom is -0.383 e. The molecule has 0 bridgehead atoms. The van der Waals surface area contributed by atoms with Crippen LogP contribution < -0.4 is 5.32 Å². The largest absolute Gasteiger partial charge is 0.383 e. The SMILES string of the molecule is CCCNC(COC)c1cnnn1Cc1ccccc1. The summed E-state index contributed by atoms with van der Waals surface area (Å²) >= 11 is 0. The zero-order valence-electron chi connectivity index (χ0n) is 12.1. The Bertz CT molecular complexity index is 498. The predicted molar refractivity (Wildman–Crippen MR) is 78.5 cm³/mol. The van der Waals surface area contributed by atoms with Crippen LogP contribution in [0.15, 0.2) is 36.5 Å². The smallest absolute Gasteiger partial charge is 0.0784 e. The fraction of sp³-hybridized carbons (Fsp3) is 0.467. The van der Waals surface area contributed by atoms with Crippen molar-refractivity contribution < 1.29 is 4.74 Å². The van der Waals surface area contributed by atoms with E-state index in [0.717, 1.165) is 25.2 Å². The van der Waals surface area contributed by atoms with Gasteiger partial charge in [-0.2, -0.15) is 0 Å². The van der Waals surface area contributed by atoms with Crippen LogP contribution in [-0.2, 0) is 11.3 Å². The second-order valence-electron chi connectivity index (χ2n) is 4.76. The third-order valence-electron chi connectivity index (χ3n) is 3.15. The zero-order valence-corrected chi connectivity index (χ0v) is 12.1. The molecule has 2 rings (SSSR count). The summed E-state index contributed by atoms with van der Waals surface area (Å²) in [5, 5.41) is 11.7. The highest BCUT2D eigenvalue weighted by Crippen LogP contribution is 2.13.